The molecule has 0 atom stereocenters. The summed E-state index contributed by atoms with van der Waals surface area (Å²) in [6.45, 7) is 1.81. The Morgan fingerprint density at radius 1 is 1.80 bits per heavy atom. The number of rotatable bonds is 1. The van der Waals surface area contributed by atoms with E-state index in [0.717, 1.165) is 6.29 Å². The molecule has 0 bridgehead atoms. The molecule has 28 valence electrons. The van der Waals surface area contributed by atoms with Crippen LogP contribution in [0.5, 0.6) is 0 Å². The lowest BCUT2D eigenvalue weighted by atomic mass is 10.6. The minimum atomic E-state index is 0. The predicted molar refractivity (Wildman–Crippen MR) is 24.9 cm³/mol. The molecule has 0 saturated heterocycles. The van der Waals surface area contributed by atoms with Crippen LogP contribution in [-0.2, 0) is 4.79 Å². The second kappa shape index (κ2) is 8.83. The van der Waals surface area contributed by atoms with E-state index in [1.807, 2.05) is 6.92 Å². The molecule has 0 fully saturated rings. The molecule has 0 aromatic carbocycles. The zero-order valence-electron chi connectivity index (χ0n) is 2.69. The van der Waals surface area contributed by atoms with Crippen LogP contribution in [0.2, 0.25) is 0 Å². The van der Waals surface area contributed by atoms with Crippen LogP contribution in [0.15, 0.2) is 0 Å². The van der Waals surface area contributed by atoms with Crippen molar-refractivity contribution in [2.45, 2.75) is 13.3 Å². The molecule has 0 aromatic heterocycles. The first-order chi connectivity index (χ1) is 1.91. The van der Waals surface area contributed by atoms with Gasteiger partial charge >= 0.3 is 23.1 Å². The van der Waals surface area contributed by atoms with Gasteiger partial charge in [0.25, 0.3) is 0 Å². The third kappa shape index (κ3) is 12.8. The van der Waals surface area contributed by atoms with Crippen molar-refractivity contribution >= 4 is 29.3 Å². The van der Waals surface area contributed by atoms with Gasteiger partial charge in [-0.3, -0.25) is 0 Å². The molecule has 0 aliphatic carbocycles. The van der Waals surface area contributed by atoms with Crippen LogP contribution in [-0.4, -0.2) is 29.3 Å². The van der Waals surface area contributed by atoms with Gasteiger partial charge in [0.2, 0.25) is 0 Å². The standard InChI is InChI=1S/C3H6O.Mg.2H/c1-2-3-4;;;/h3H,2H2,1H3;;;. The highest BCUT2D eigenvalue weighted by Crippen LogP contribution is 1.53. The zero-order valence-corrected chi connectivity index (χ0v) is 2.69. The van der Waals surface area contributed by atoms with Gasteiger partial charge in [0.15, 0.2) is 0 Å². The summed E-state index contributed by atoms with van der Waals surface area (Å²) >= 11 is 0. The molecular formula is C3H8MgO. The van der Waals surface area contributed by atoms with Gasteiger partial charge < -0.3 is 4.79 Å². The van der Waals surface area contributed by atoms with Crippen LogP contribution in [0.25, 0.3) is 0 Å². The van der Waals surface area contributed by atoms with Crippen molar-refractivity contribution in [3.05, 3.63) is 0 Å². The van der Waals surface area contributed by atoms with E-state index in [1.54, 1.807) is 0 Å². The van der Waals surface area contributed by atoms with Crippen LogP contribution < -0.4 is 0 Å². The lowest BCUT2D eigenvalue weighted by Crippen LogP contribution is -1.55. The van der Waals surface area contributed by atoms with E-state index in [1.165, 1.54) is 0 Å². The molecule has 0 aliphatic rings. The molecule has 0 radical (unpaired) electrons. The maximum atomic E-state index is 9.17. The van der Waals surface area contributed by atoms with Crippen molar-refractivity contribution in [2.24, 2.45) is 0 Å². The smallest absolute Gasteiger partial charge is 0.303 e. The van der Waals surface area contributed by atoms with Crippen molar-refractivity contribution in [3.63, 3.8) is 0 Å². The lowest BCUT2D eigenvalue weighted by Gasteiger charge is -1.51. The van der Waals surface area contributed by atoms with Gasteiger partial charge in [-0.15, -0.1) is 0 Å². The minimum Gasteiger partial charge on any atom is -0.303 e. The highest BCUT2D eigenvalue weighted by Gasteiger charge is 1.52. The molecule has 0 aliphatic heterocycles. The molecule has 5 heavy (non-hydrogen) atoms. The second-order valence-electron chi connectivity index (χ2n) is 0.575. The molecule has 0 unspecified atom stereocenters. The summed E-state index contributed by atoms with van der Waals surface area (Å²) in [6.07, 6.45) is 1.51. The first-order valence-electron chi connectivity index (χ1n) is 1.35. The summed E-state index contributed by atoms with van der Waals surface area (Å²) in [5.74, 6) is 0. The normalized spacial score (nSPS) is 5.00. The van der Waals surface area contributed by atoms with Crippen LogP contribution >= 0.6 is 0 Å². The largest absolute Gasteiger partial charge is 0.316 e. The molecule has 2 heteroatoms. The summed E-state index contributed by atoms with van der Waals surface area (Å²) < 4.78 is 0. The van der Waals surface area contributed by atoms with E-state index in [0.29, 0.717) is 6.42 Å². The summed E-state index contributed by atoms with van der Waals surface area (Å²) in [7, 11) is 0. The molecular weight excluding hydrogens is 76.3 g/mol. The monoisotopic (exact) mass is 84.0 g/mol. The Morgan fingerprint density at radius 2 is 2.00 bits per heavy atom. The fourth-order valence-electron chi connectivity index (χ4n) is 0. The molecule has 0 N–H and O–H groups in total. The van der Waals surface area contributed by atoms with Crippen LogP contribution in [0, 0.1) is 0 Å². The van der Waals surface area contributed by atoms with Crippen molar-refractivity contribution in [1.29, 1.82) is 0 Å². The molecule has 0 saturated carbocycles. The average molecular weight is 84.4 g/mol. The van der Waals surface area contributed by atoms with Crippen molar-refractivity contribution in [3.8, 4) is 0 Å². The fourth-order valence-corrected chi connectivity index (χ4v) is 0. The Bertz CT molecular complexity index is 20.9. The van der Waals surface area contributed by atoms with Crippen molar-refractivity contribution in [1.82, 2.24) is 0 Å². The third-order valence-electron chi connectivity index (χ3n) is 0.167. The quantitative estimate of drug-likeness (QED) is 0.314. The van der Waals surface area contributed by atoms with Gasteiger partial charge in [0.1, 0.15) is 6.29 Å². The van der Waals surface area contributed by atoms with Gasteiger partial charge in [0.05, 0.1) is 0 Å². The first kappa shape index (κ1) is 9.06. The fraction of sp³-hybridized carbons (Fsp3) is 0.667. The van der Waals surface area contributed by atoms with Crippen LogP contribution in [0.1, 0.15) is 13.3 Å². The highest BCUT2D eigenvalue weighted by atomic mass is 24.3. The Kier molecular flexibility index (Phi) is 16.0. The Hall–Kier alpha value is 0.436. The number of carbonyl (C=O) groups is 1. The zero-order chi connectivity index (χ0) is 3.41. The number of hydrogen-bond donors (Lipinski definition) is 0. The first-order valence-corrected chi connectivity index (χ1v) is 1.35. The van der Waals surface area contributed by atoms with Crippen molar-refractivity contribution in [2.75, 3.05) is 0 Å². The van der Waals surface area contributed by atoms with E-state index in [-0.39, 0.29) is 23.1 Å². The Balaban J connectivity index is 0. The van der Waals surface area contributed by atoms with Gasteiger partial charge in [-0.2, -0.15) is 0 Å². The SMILES string of the molecule is CCC=O.[MgH2]. The minimum absolute atomic E-state index is 0. The van der Waals surface area contributed by atoms with E-state index >= 15 is 0 Å². The topological polar surface area (TPSA) is 17.1 Å². The molecule has 0 heterocycles. The van der Waals surface area contributed by atoms with E-state index in [4.69, 9.17) is 0 Å². The highest BCUT2D eigenvalue weighted by molar-refractivity contribution is 5.75. The summed E-state index contributed by atoms with van der Waals surface area (Å²) in [5.41, 5.74) is 0. The van der Waals surface area contributed by atoms with Crippen LogP contribution in [0.3, 0.4) is 0 Å². The average Bonchev–Trinajstić information content (AvgIpc) is 1.37. The number of carbonyl (C=O) groups excluding carboxylic acids is 1. The molecule has 0 spiro atoms. The Labute approximate surface area is 47.9 Å². The summed E-state index contributed by atoms with van der Waals surface area (Å²) in [6, 6.07) is 0. The molecule has 0 aromatic rings. The Morgan fingerprint density at radius 3 is 2.00 bits per heavy atom. The maximum Gasteiger partial charge on any atom is 0.316 e. The van der Waals surface area contributed by atoms with Gasteiger partial charge in [0, 0.05) is 6.42 Å². The van der Waals surface area contributed by atoms with Gasteiger partial charge in [-0.05, 0) is 0 Å². The number of hydrogen-bond acceptors (Lipinski definition) is 1. The second-order valence-corrected chi connectivity index (χ2v) is 0.575. The predicted octanol–water partition coefficient (Wildman–Crippen LogP) is -0.321. The van der Waals surface area contributed by atoms with Crippen molar-refractivity contribution < 1.29 is 4.79 Å². The summed E-state index contributed by atoms with van der Waals surface area (Å²) in [5, 5.41) is 0. The molecule has 1 nitrogen and oxygen atoms in total. The van der Waals surface area contributed by atoms with Crippen LogP contribution in [0.4, 0.5) is 0 Å². The maximum absolute atomic E-state index is 9.17. The molecule has 0 amide bonds. The molecule has 0 rings (SSSR count). The summed E-state index contributed by atoms with van der Waals surface area (Å²) in [4.78, 5) is 9.17. The van der Waals surface area contributed by atoms with E-state index in [2.05, 4.69) is 0 Å². The third-order valence-corrected chi connectivity index (χ3v) is 0.167. The van der Waals surface area contributed by atoms with E-state index < -0.39 is 0 Å². The number of aldehydes is 1. The van der Waals surface area contributed by atoms with Gasteiger partial charge in [-0.25, -0.2) is 0 Å². The lowest BCUT2D eigenvalue weighted by molar-refractivity contribution is -0.107. The van der Waals surface area contributed by atoms with Gasteiger partial charge in [-0.1, -0.05) is 6.92 Å². The van der Waals surface area contributed by atoms with E-state index in [9.17, 15) is 4.79 Å².